The first-order chi connectivity index (χ1) is 6.92. The van der Waals surface area contributed by atoms with Crippen LogP contribution in [0.25, 0.3) is 0 Å². The van der Waals surface area contributed by atoms with Crippen molar-refractivity contribution >= 4 is 5.91 Å². The van der Waals surface area contributed by atoms with Gasteiger partial charge in [0, 0.05) is 26.3 Å². The van der Waals surface area contributed by atoms with Crippen LogP contribution in [0.2, 0.25) is 0 Å². The second kappa shape index (κ2) is 4.39. The first-order valence-electron chi connectivity index (χ1n) is 4.77. The van der Waals surface area contributed by atoms with Crippen molar-refractivity contribution in [1.82, 2.24) is 20.3 Å². The highest BCUT2D eigenvalue weighted by atomic mass is 16.1. The normalized spacial score (nSPS) is 11.7. The van der Waals surface area contributed by atoms with E-state index in [1.165, 1.54) is 0 Å². The van der Waals surface area contributed by atoms with Crippen LogP contribution in [-0.4, -0.2) is 27.4 Å². The van der Waals surface area contributed by atoms with E-state index in [0.29, 0.717) is 13.1 Å². The van der Waals surface area contributed by atoms with Crippen LogP contribution < -0.4 is 11.1 Å². The number of nitrogens with one attached hydrogen (secondary N) is 1. The molecule has 1 rings (SSSR count). The molecule has 0 spiro atoms. The van der Waals surface area contributed by atoms with Crippen molar-refractivity contribution in [2.24, 2.45) is 18.2 Å². The highest BCUT2D eigenvalue weighted by Crippen LogP contribution is 2.11. The van der Waals surface area contributed by atoms with E-state index in [9.17, 15) is 4.79 Å². The topological polar surface area (TPSA) is 85.8 Å². The van der Waals surface area contributed by atoms with E-state index in [1.807, 2.05) is 13.2 Å². The van der Waals surface area contributed by atoms with Gasteiger partial charge < -0.3 is 11.1 Å². The molecule has 1 heterocycles. The van der Waals surface area contributed by atoms with Gasteiger partial charge in [0.05, 0.1) is 11.1 Å². The maximum Gasteiger partial charge on any atom is 0.224 e. The number of carbonyl (C=O) groups is 1. The molecular weight excluding hydrogens is 194 g/mol. The standard InChI is InChI=1S/C9H17N5O/c1-9(2,8(10)15)6-11-4-7-5-14(3)13-12-7/h5,11H,4,6H2,1-3H3,(H2,10,15). The van der Waals surface area contributed by atoms with Crippen molar-refractivity contribution in [1.29, 1.82) is 0 Å². The molecule has 84 valence electrons. The van der Waals surface area contributed by atoms with E-state index in [1.54, 1.807) is 18.5 Å². The Labute approximate surface area is 88.8 Å². The van der Waals surface area contributed by atoms with Crippen LogP contribution in [0.1, 0.15) is 19.5 Å². The Morgan fingerprint density at radius 3 is 2.80 bits per heavy atom. The van der Waals surface area contributed by atoms with Gasteiger partial charge >= 0.3 is 0 Å². The second-order valence-electron chi connectivity index (χ2n) is 4.24. The fourth-order valence-electron chi connectivity index (χ4n) is 1.07. The van der Waals surface area contributed by atoms with Crippen molar-refractivity contribution in [3.8, 4) is 0 Å². The van der Waals surface area contributed by atoms with Crippen LogP contribution in [0.5, 0.6) is 0 Å². The minimum Gasteiger partial charge on any atom is -0.369 e. The Morgan fingerprint density at radius 2 is 2.33 bits per heavy atom. The molecule has 0 atom stereocenters. The van der Waals surface area contributed by atoms with Gasteiger partial charge in [0.25, 0.3) is 0 Å². The summed E-state index contributed by atoms with van der Waals surface area (Å²) in [6.07, 6.45) is 1.82. The molecule has 0 aliphatic rings. The summed E-state index contributed by atoms with van der Waals surface area (Å²) in [6.45, 7) is 4.72. The van der Waals surface area contributed by atoms with Crippen LogP contribution in [-0.2, 0) is 18.4 Å². The number of rotatable bonds is 5. The van der Waals surface area contributed by atoms with E-state index in [2.05, 4.69) is 15.6 Å². The second-order valence-corrected chi connectivity index (χ2v) is 4.24. The molecule has 6 nitrogen and oxygen atoms in total. The van der Waals surface area contributed by atoms with Gasteiger partial charge in [-0.05, 0) is 13.8 Å². The van der Waals surface area contributed by atoms with Gasteiger partial charge in [-0.3, -0.25) is 9.48 Å². The van der Waals surface area contributed by atoms with E-state index in [4.69, 9.17) is 5.73 Å². The maximum atomic E-state index is 11.0. The summed E-state index contributed by atoms with van der Waals surface area (Å²) in [7, 11) is 1.81. The van der Waals surface area contributed by atoms with Crippen molar-refractivity contribution in [2.45, 2.75) is 20.4 Å². The number of aromatic nitrogens is 3. The zero-order valence-corrected chi connectivity index (χ0v) is 9.32. The summed E-state index contributed by atoms with van der Waals surface area (Å²) in [6, 6.07) is 0. The summed E-state index contributed by atoms with van der Waals surface area (Å²) >= 11 is 0. The van der Waals surface area contributed by atoms with Crippen molar-refractivity contribution in [3.05, 3.63) is 11.9 Å². The molecule has 3 N–H and O–H groups in total. The molecule has 0 aliphatic carbocycles. The highest BCUT2D eigenvalue weighted by Gasteiger charge is 2.24. The number of hydrogen-bond acceptors (Lipinski definition) is 4. The monoisotopic (exact) mass is 211 g/mol. The van der Waals surface area contributed by atoms with Gasteiger partial charge in [0.15, 0.2) is 0 Å². The first-order valence-corrected chi connectivity index (χ1v) is 4.77. The molecule has 0 fully saturated rings. The van der Waals surface area contributed by atoms with E-state index >= 15 is 0 Å². The zero-order valence-electron chi connectivity index (χ0n) is 9.32. The number of nitrogens with two attached hydrogens (primary N) is 1. The van der Waals surface area contributed by atoms with Crippen LogP contribution in [0.15, 0.2) is 6.20 Å². The molecule has 1 aromatic rings. The molecule has 0 aromatic carbocycles. The third kappa shape index (κ3) is 3.32. The number of carbonyl (C=O) groups excluding carboxylic acids is 1. The molecule has 0 radical (unpaired) electrons. The largest absolute Gasteiger partial charge is 0.369 e. The molecular formula is C9H17N5O. The molecule has 15 heavy (non-hydrogen) atoms. The summed E-state index contributed by atoms with van der Waals surface area (Å²) < 4.78 is 1.64. The van der Waals surface area contributed by atoms with Crippen LogP contribution in [0.4, 0.5) is 0 Å². The smallest absolute Gasteiger partial charge is 0.224 e. The van der Waals surface area contributed by atoms with E-state index in [0.717, 1.165) is 5.69 Å². The SMILES string of the molecule is Cn1cc(CNCC(C)(C)C(N)=O)nn1. The quantitative estimate of drug-likeness (QED) is 0.682. The zero-order chi connectivity index (χ0) is 11.5. The molecule has 1 aromatic heterocycles. The third-order valence-corrected chi connectivity index (χ3v) is 2.19. The Hall–Kier alpha value is -1.43. The Morgan fingerprint density at radius 1 is 1.67 bits per heavy atom. The summed E-state index contributed by atoms with van der Waals surface area (Å²) in [5.74, 6) is -0.311. The molecule has 0 saturated carbocycles. The van der Waals surface area contributed by atoms with Gasteiger partial charge in [-0.15, -0.1) is 5.10 Å². The fourth-order valence-corrected chi connectivity index (χ4v) is 1.07. The average molecular weight is 211 g/mol. The van der Waals surface area contributed by atoms with E-state index < -0.39 is 5.41 Å². The van der Waals surface area contributed by atoms with Crippen LogP contribution in [0.3, 0.4) is 0 Å². The molecule has 0 saturated heterocycles. The molecule has 0 bridgehead atoms. The van der Waals surface area contributed by atoms with Gasteiger partial charge in [-0.2, -0.15) is 0 Å². The summed E-state index contributed by atoms with van der Waals surface area (Å²) in [5, 5.41) is 10.8. The van der Waals surface area contributed by atoms with Gasteiger partial charge in [0.1, 0.15) is 0 Å². The fraction of sp³-hybridized carbons (Fsp3) is 0.667. The van der Waals surface area contributed by atoms with Gasteiger partial charge in [-0.1, -0.05) is 5.21 Å². The first kappa shape index (κ1) is 11.6. The predicted octanol–water partition coefficient (Wildman–Crippen LogP) is -0.584. The van der Waals surface area contributed by atoms with Crippen molar-refractivity contribution in [2.75, 3.05) is 6.54 Å². The van der Waals surface area contributed by atoms with Gasteiger partial charge in [0.2, 0.25) is 5.91 Å². The van der Waals surface area contributed by atoms with Crippen molar-refractivity contribution < 1.29 is 4.79 Å². The van der Waals surface area contributed by atoms with Crippen LogP contribution in [0, 0.1) is 5.41 Å². The molecule has 1 amide bonds. The van der Waals surface area contributed by atoms with Gasteiger partial charge in [-0.25, -0.2) is 0 Å². The van der Waals surface area contributed by atoms with Crippen LogP contribution >= 0.6 is 0 Å². The Bertz CT molecular complexity index is 344. The lowest BCUT2D eigenvalue weighted by molar-refractivity contribution is -0.125. The third-order valence-electron chi connectivity index (χ3n) is 2.19. The minimum atomic E-state index is -0.539. The number of amides is 1. The minimum absolute atomic E-state index is 0.311. The Balaban J connectivity index is 2.36. The molecule has 0 unspecified atom stereocenters. The Kier molecular flexibility index (Phi) is 3.41. The summed E-state index contributed by atoms with van der Waals surface area (Å²) in [5.41, 5.74) is 5.55. The number of nitrogens with zero attached hydrogens (tertiary/aromatic N) is 3. The predicted molar refractivity (Wildman–Crippen MR) is 55.7 cm³/mol. The lowest BCUT2D eigenvalue weighted by Gasteiger charge is -2.20. The number of primary amides is 1. The van der Waals surface area contributed by atoms with Crippen molar-refractivity contribution in [3.63, 3.8) is 0 Å². The lowest BCUT2D eigenvalue weighted by Crippen LogP contribution is -2.40. The number of aryl methyl sites for hydroxylation is 1. The average Bonchev–Trinajstić information content (AvgIpc) is 2.51. The number of hydrogen-bond donors (Lipinski definition) is 2. The lowest BCUT2D eigenvalue weighted by atomic mass is 9.93. The van der Waals surface area contributed by atoms with E-state index in [-0.39, 0.29) is 5.91 Å². The molecule has 0 aliphatic heterocycles. The highest BCUT2D eigenvalue weighted by molar-refractivity contribution is 5.80. The molecule has 6 heteroatoms. The maximum absolute atomic E-state index is 11.0. The summed E-state index contributed by atoms with van der Waals surface area (Å²) in [4.78, 5) is 11.0.